The van der Waals surface area contributed by atoms with Crippen molar-refractivity contribution in [3.8, 4) is 17.2 Å². The van der Waals surface area contributed by atoms with Crippen LogP contribution in [0.25, 0.3) is 0 Å². The first-order valence-corrected chi connectivity index (χ1v) is 11.4. The summed E-state index contributed by atoms with van der Waals surface area (Å²) in [6, 6.07) is 10.6. The standard InChI is InChI=1S/C22H30O5S.K/c1-2-3-4-5-6-7-8-9-12-18-15-16-20(19(23)17-18)27-21-13-10-11-14-22(21)28(24,25)26;/h10-11,13-17,23H,2-9,12H2,1H3,(H,24,25,26);/q;+1/p-1. The maximum atomic E-state index is 12.3. The number of para-hydroxylation sites is 1. The van der Waals surface area contributed by atoms with E-state index in [0.717, 1.165) is 24.8 Å². The molecule has 0 fully saturated rings. The number of benzene rings is 2. The molecule has 0 atom stereocenters. The van der Waals surface area contributed by atoms with Gasteiger partial charge in [-0.3, -0.25) is 4.55 Å². The van der Waals surface area contributed by atoms with Crippen molar-refractivity contribution in [2.24, 2.45) is 0 Å². The molecule has 2 aromatic rings. The minimum absolute atomic E-state index is 0. The minimum Gasteiger partial charge on any atom is -0.870 e. The molecule has 2 rings (SSSR count). The van der Waals surface area contributed by atoms with Crippen molar-refractivity contribution in [3.63, 3.8) is 0 Å². The molecule has 0 saturated heterocycles. The van der Waals surface area contributed by atoms with Gasteiger partial charge in [0.2, 0.25) is 0 Å². The number of rotatable bonds is 12. The zero-order chi connectivity index (χ0) is 20.4. The summed E-state index contributed by atoms with van der Waals surface area (Å²) in [5.74, 6) is -0.337. The van der Waals surface area contributed by atoms with Gasteiger partial charge in [0, 0.05) is 0 Å². The third kappa shape index (κ3) is 9.51. The van der Waals surface area contributed by atoms with E-state index in [0.29, 0.717) is 0 Å². The topological polar surface area (TPSA) is 86.7 Å². The number of hydrogen-bond donors (Lipinski definition) is 1. The maximum Gasteiger partial charge on any atom is 1.00 e. The fourth-order valence-electron chi connectivity index (χ4n) is 3.12. The molecular weight excluding hydrogens is 415 g/mol. The summed E-state index contributed by atoms with van der Waals surface area (Å²) in [6.45, 7) is 2.22. The summed E-state index contributed by atoms with van der Waals surface area (Å²) in [7, 11) is -4.43. The SMILES string of the molecule is CCCCCCCCCCc1ccc(Oc2ccccc2S(=O)(=O)O)c([O-])c1.[K+]. The summed E-state index contributed by atoms with van der Waals surface area (Å²) < 4.78 is 37.6. The predicted molar refractivity (Wildman–Crippen MR) is 109 cm³/mol. The Bertz CT molecular complexity index is 852. The predicted octanol–water partition coefficient (Wildman–Crippen LogP) is 2.49. The van der Waals surface area contributed by atoms with E-state index >= 15 is 0 Å². The molecule has 7 heteroatoms. The van der Waals surface area contributed by atoms with Crippen LogP contribution in [0.4, 0.5) is 0 Å². The number of unbranched alkanes of at least 4 members (excludes halogenated alkanes) is 7. The smallest absolute Gasteiger partial charge is 0.870 e. The van der Waals surface area contributed by atoms with Gasteiger partial charge in [0.15, 0.2) is 0 Å². The van der Waals surface area contributed by atoms with E-state index < -0.39 is 10.1 Å². The van der Waals surface area contributed by atoms with Gasteiger partial charge in [0.25, 0.3) is 10.1 Å². The summed E-state index contributed by atoms with van der Waals surface area (Å²) in [4.78, 5) is -0.364. The van der Waals surface area contributed by atoms with Gasteiger partial charge in [-0.25, -0.2) is 0 Å². The average Bonchev–Trinajstić information content (AvgIpc) is 2.65. The molecule has 0 spiro atoms. The van der Waals surface area contributed by atoms with Gasteiger partial charge in [-0.1, -0.05) is 81.9 Å². The molecule has 29 heavy (non-hydrogen) atoms. The molecule has 0 aliphatic rings. The van der Waals surface area contributed by atoms with Crippen LogP contribution in [-0.2, 0) is 16.5 Å². The largest absolute Gasteiger partial charge is 1.00 e. The molecule has 0 amide bonds. The number of aryl methyl sites for hydroxylation is 1. The van der Waals surface area contributed by atoms with Crippen LogP contribution < -0.4 is 61.2 Å². The summed E-state index contributed by atoms with van der Waals surface area (Å²) in [5.41, 5.74) is 0.950. The van der Waals surface area contributed by atoms with Crippen molar-refractivity contribution in [2.45, 2.75) is 69.6 Å². The second kappa shape index (κ2) is 13.8. The van der Waals surface area contributed by atoms with Crippen molar-refractivity contribution < 1.29 is 74.2 Å². The van der Waals surface area contributed by atoms with Crippen LogP contribution in [0.5, 0.6) is 17.2 Å². The zero-order valence-electron chi connectivity index (χ0n) is 17.4. The van der Waals surface area contributed by atoms with E-state index in [4.69, 9.17) is 4.74 Å². The van der Waals surface area contributed by atoms with Gasteiger partial charge in [0.1, 0.15) is 16.4 Å². The van der Waals surface area contributed by atoms with Gasteiger partial charge in [0.05, 0.1) is 0 Å². The van der Waals surface area contributed by atoms with Gasteiger partial charge in [-0.2, -0.15) is 8.42 Å². The van der Waals surface area contributed by atoms with E-state index in [1.54, 1.807) is 12.1 Å². The zero-order valence-corrected chi connectivity index (χ0v) is 21.3. The van der Waals surface area contributed by atoms with Gasteiger partial charge >= 0.3 is 51.4 Å². The maximum absolute atomic E-state index is 12.3. The Kier molecular flexibility index (Phi) is 12.7. The molecule has 0 aliphatic carbocycles. The molecule has 0 aliphatic heterocycles. The normalized spacial score (nSPS) is 11.1. The Morgan fingerprint density at radius 3 is 2.14 bits per heavy atom. The van der Waals surface area contributed by atoms with Crippen LogP contribution in [0, 0.1) is 0 Å². The van der Waals surface area contributed by atoms with Crippen molar-refractivity contribution in [3.05, 3.63) is 48.0 Å². The first-order valence-electron chi connectivity index (χ1n) is 9.96. The third-order valence-corrected chi connectivity index (χ3v) is 5.57. The van der Waals surface area contributed by atoms with Crippen molar-refractivity contribution in [2.75, 3.05) is 0 Å². The second-order valence-corrected chi connectivity index (χ2v) is 8.42. The van der Waals surface area contributed by atoms with Gasteiger partial charge in [-0.05, 0) is 36.6 Å². The molecular formula is C22H29KO5S. The first-order chi connectivity index (χ1) is 13.4. The fourth-order valence-corrected chi connectivity index (χ4v) is 3.74. The van der Waals surface area contributed by atoms with E-state index in [1.165, 1.54) is 62.8 Å². The third-order valence-electron chi connectivity index (χ3n) is 4.67. The molecule has 0 heterocycles. The Balaban J connectivity index is 0.00000420. The Labute approximate surface area is 217 Å². The minimum atomic E-state index is -4.43. The van der Waals surface area contributed by atoms with Crippen LogP contribution in [0.15, 0.2) is 47.4 Å². The number of hydrogen-bond acceptors (Lipinski definition) is 4. The summed E-state index contributed by atoms with van der Waals surface area (Å²) in [5, 5.41) is 12.3. The van der Waals surface area contributed by atoms with E-state index in [-0.39, 0.29) is 73.5 Å². The van der Waals surface area contributed by atoms with Crippen molar-refractivity contribution in [1.82, 2.24) is 0 Å². The average molecular weight is 445 g/mol. The van der Waals surface area contributed by atoms with Crippen LogP contribution in [0.1, 0.15) is 63.9 Å². The molecule has 0 aromatic heterocycles. The van der Waals surface area contributed by atoms with Crippen LogP contribution >= 0.6 is 0 Å². The summed E-state index contributed by atoms with van der Waals surface area (Å²) in [6.07, 6.45) is 10.7. The quantitative estimate of drug-likeness (QED) is 0.309. The number of ether oxygens (including phenoxy) is 1. The molecule has 154 valence electrons. The molecule has 0 saturated carbocycles. The van der Waals surface area contributed by atoms with Crippen LogP contribution in [0.3, 0.4) is 0 Å². The molecule has 5 nitrogen and oxygen atoms in total. The van der Waals surface area contributed by atoms with Crippen molar-refractivity contribution in [1.29, 1.82) is 0 Å². The molecule has 0 unspecified atom stereocenters. The van der Waals surface area contributed by atoms with Crippen LogP contribution in [0.2, 0.25) is 0 Å². The van der Waals surface area contributed by atoms with Crippen molar-refractivity contribution >= 4 is 10.1 Å². The van der Waals surface area contributed by atoms with E-state index in [9.17, 15) is 18.1 Å². The molecule has 0 bridgehead atoms. The molecule has 2 aromatic carbocycles. The van der Waals surface area contributed by atoms with E-state index in [1.807, 2.05) is 6.07 Å². The Morgan fingerprint density at radius 1 is 0.897 bits per heavy atom. The second-order valence-electron chi connectivity index (χ2n) is 7.03. The molecule has 0 radical (unpaired) electrons. The Hall–Kier alpha value is -0.414. The Morgan fingerprint density at radius 2 is 1.52 bits per heavy atom. The van der Waals surface area contributed by atoms with Gasteiger partial charge < -0.3 is 9.84 Å². The van der Waals surface area contributed by atoms with E-state index in [2.05, 4.69) is 6.92 Å². The monoisotopic (exact) mass is 444 g/mol. The first kappa shape index (κ1) is 26.6. The van der Waals surface area contributed by atoms with Gasteiger partial charge in [-0.15, -0.1) is 0 Å². The molecule has 1 N–H and O–H groups in total. The fraction of sp³-hybridized carbons (Fsp3) is 0.455. The summed E-state index contributed by atoms with van der Waals surface area (Å²) >= 11 is 0. The van der Waals surface area contributed by atoms with Crippen LogP contribution in [-0.4, -0.2) is 13.0 Å².